The van der Waals surface area contributed by atoms with Gasteiger partial charge in [-0.3, -0.25) is 0 Å². The Morgan fingerprint density at radius 1 is 1.43 bits per heavy atom. The van der Waals surface area contributed by atoms with Crippen molar-refractivity contribution in [3.05, 3.63) is 28.9 Å². The fourth-order valence-electron chi connectivity index (χ4n) is 1.58. The summed E-state index contributed by atoms with van der Waals surface area (Å²) in [6.07, 6.45) is 4.54. The van der Waals surface area contributed by atoms with Crippen molar-refractivity contribution < 1.29 is 4.42 Å². The van der Waals surface area contributed by atoms with Crippen molar-refractivity contribution in [1.82, 2.24) is 9.97 Å². The first-order valence-electron chi connectivity index (χ1n) is 6.43. The number of rotatable bonds is 8. The lowest BCUT2D eigenvalue weighted by atomic mass is 10.4. The van der Waals surface area contributed by atoms with Crippen molar-refractivity contribution in [2.45, 2.75) is 18.6 Å². The first-order chi connectivity index (χ1) is 10.2. The Bertz CT molecular complexity index is 594. The van der Waals surface area contributed by atoms with Crippen LogP contribution in [0.4, 0.5) is 5.13 Å². The number of guanidine groups is 1. The van der Waals surface area contributed by atoms with Gasteiger partial charge in [0.1, 0.15) is 5.76 Å². The number of nitrogens with zero attached hydrogens (tertiary/aromatic N) is 3. The Morgan fingerprint density at radius 2 is 2.29 bits per heavy atom. The van der Waals surface area contributed by atoms with Crippen LogP contribution in [0.1, 0.15) is 17.3 Å². The lowest BCUT2D eigenvalue weighted by molar-refractivity contribution is 0.466. The van der Waals surface area contributed by atoms with Gasteiger partial charge >= 0.3 is 0 Å². The Labute approximate surface area is 134 Å². The summed E-state index contributed by atoms with van der Waals surface area (Å²) in [6.45, 7) is 0. The van der Waals surface area contributed by atoms with Crippen molar-refractivity contribution >= 4 is 43.4 Å². The van der Waals surface area contributed by atoms with E-state index in [4.69, 9.17) is 15.9 Å². The van der Waals surface area contributed by atoms with Crippen LogP contribution in [-0.4, -0.2) is 27.8 Å². The standard InChI is InChI=1S/C12H18N5OPS2/c13-11(14)17-12-16-8(7-21-12)6-20-4-2-10-15-5-9(18-10)1-3-19/h5,7H,1-4,6,19H2,(H4,13,14,16,17). The highest BCUT2D eigenvalue weighted by atomic mass is 32.2. The molecule has 0 aliphatic carbocycles. The van der Waals surface area contributed by atoms with E-state index >= 15 is 0 Å². The molecule has 4 N–H and O–H groups in total. The van der Waals surface area contributed by atoms with Gasteiger partial charge in [0.15, 0.2) is 11.9 Å². The van der Waals surface area contributed by atoms with E-state index in [1.807, 2.05) is 11.6 Å². The molecule has 1 unspecified atom stereocenters. The van der Waals surface area contributed by atoms with Crippen LogP contribution in [0.25, 0.3) is 0 Å². The second-order valence-electron chi connectivity index (χ2n) is 4.22. The molecule has 0 fully saturated rings. The van der Waals surface area contributed by atoms with Gasteiger partial charge < -0.3 is 15.9 Å². The third kappa shape index (κ3) is 5.65. The minimum atomic E-state index is 0.0359. The fourth-order valence-corrected chi connectivity index (χ4v) is 3.50. The van der Waals surface area contributed by atoms with E-state index in [1.54, 1.807) is 11.8 Å². The molecule has 0 bridgehead atoms. The first-order valence-corrected chi connectivity index (χ1v) is 9.28. The summed E-state index contributed by atoms with van der Waals surface area (Å²) in [5.74, 6) is 3.56. The Kier molecular flexibility index (Phi) is 6.48. The Morgan fingerprint density at radius 3 is 3.05 bits per heavy atom. The Balaban J connectivity index is 1.71. The third-order valence-corrected chi connectivity index (χ3v) is 4.53. The molecule has 6 nitrogen and oxygen atoms in total. The van der Waals surface area contributed by atoms with Gasteiger partial charge in [-0.15, -0.1) is 20.6 Å². The Hall–Kier alpha value is -1.11. The zero-order valence-corrected chi connectivity index (χ0v) is 14.3. The lowest BCUT2D eigenvalue weighted by Gasteiger charge is -1.97. The maximum Gasteiger partial charge on any atom is 0.212 e. The molecule has 0 saturated heterocycles. The monoisotopic (exact) mass is 343 g/mol. The van der Waals surface area contributed by atoms with Crippen molar-refractivity contribution in [3.63, 3.8) is 0 Å². The number of aromatic nitrogens is 2. The molecule has 0 radical (unpaired) electrons. The summed E-state index contributed by atoms with van der Waals surface area (Å²) in [5.41, 5.74) is 11.6. The molecule has 21 heavy (non-hydrogen) atoms. The van der Waals surface area contributed by atoms with Gasteiger partial charge in [-0.25, -0.2) is 9.97 Å². The molecule has 0 amide bonds. The molecule has 2 rings (SSSR count). The molecule has 9 heteroatoms. The zero-order chi connectivity index (χ0) is 15.1. The number of aliphatic imine (C=N–C) groups is 1. The van der Waals surface area contributed by atoms with Crippen LogP contribution in [0.5, 0.6) is 0 Å². The van der Waals surface area contributed by atoms with Crippen LogP contribution in [-0.2, 0) is 18.6 Å². The van der Waals surface area contributed by atoms with E-state index in [-0.39, 0.29) is 5.96 Å². The van der Waals surface area contributed by atoms with Gasteiger partial charge in [0, 0.05) is 29.7 Å². The molecule has 2 aromatic heterocycles. The summed E-state index contributed by atoms with van der Waals surface area (Å²) in [4.78, 5) is 12.5. The maximum atomic E-state index is 5.63. The number of oxazole rings is 1. The van der Waals surface area contributed by atoms with Crippen LogP contribution < -0.4 is 11.5 Å². The molecule has 0 aliphatic heterocycles. The van der Waals surface area contributed by atoms with Gasteiger partial charge in [-0.1, -0.05) is 0 Å². The lowest BCUT2D eigenvalue weighted by Crippen LogP contribution is -2.21. The van der Waals surface area contributed by atoms with Crippen molar-refractivity contribution in [2.75, 3.05) is 11.9 Å². The van der Waals surface area contributed by atoms with Gasteiger partial charge in [0.2, 0.25) is 5.13 Å². The van der Waals surface area contributed by atoms with Gasteiger partial charge in [0.25, 0.3) is 0 Å². The largest absolute Gasteiger partial charge is 0.446 e. The van der Waals surface area contributed by atoms with Crippen LogP contribution in [0, 0.1) is 0 Å². The van der Waals surface area contributed by atoms with E-state index in [2.05, 4.69) is 24.2 Å². The van der Waals surface area contributed by atoms with E-state index in [0.29, 0.717) is 5.13 Å². The molecule has 0 aliphatic rings. The predicted molar refractivity (Wildman–Crippen MR) is 92.2 cm³/mol. The highest BCUT2D eigenvalue weighted by molar-refractivity contribution is 7.98. The fraction of sp³-hybridized carbons (Fsp3) is 0.417. The van der Waals surface area contributed by atoms with Crippen LogP contribution in [0.15, 0.2) is 21.0 Å². The van der Waals surface area contributed by atoms with E-state index in [9.17, 15) is 0 Å². The minimum absolute atomic E-state index is 0.0359. The predicted octanol–water partition coefficient (Wildman–Crippen LogP) is 1.93. The average molecular weight is 343 g/mol. The van der Waals surface area contributed by atoms with Gasteiger partial charge in [-0.05, 0) is 6.16 Å². The number of nitrogens with two attached hydrogens (primary N) is 2. The van der Waals surface area contributed by atoms with Gasteiger partial charge in [0.05, 0.1) is 11.9 Å². The van der Waals surface area contributed by atoms with E-state index in [0.717, 1.165) is 47.9 Å². The molecule has 1 atom stereocenters. The first kappa shape index (κ1) is 16.3. The summed E-state index contributed by atoms with van der Waals surface area (Å²) in [6, 6.07) is 0. The van der Waals surface area contributed by atoms with E-state index in [1.165, 1.54) is 11.3 Å². The average Bonchev–Trinajstić information content (AvgIpc) is 3.04. The SMILES string of the molecule is NC(N)=Nc1nc(CSCCc2ncc(CCP)o2)cs1. The molecule has 2 aromatic rings. The van der Waals surface area contributed by atoms with E-state index < -0.39 is 0 Å². The smallest absolute Gasteiger partial charge is 0.212 e. The van der Waals surface area contributed by atoms with Crippen LogP contribution in [0.3, 0.4) is 0 Å². The topological polar surface area (TPSA) is 103 Å². The second kappa shape index (κ2) is 8.36. The summed E-state index contributed by atoms with van der Waals surface area (Å²) >= 11 is 3.22. The molecular weight excluding hydrogens is 325 g/mol. The highest BCUT2D eigenvalue weighted by Crippen LogP contribution is 2.22. The second-order valence-corrected chi connectivity index (χ2v) is 6.74. The summed E-state index contributed by atoms with van der Waals surface area (Å²) in [7, 11) is 2.68. The summed E-state index contributed by atoms with van der Waals surface area (Å²) < 4.78 is 5.63. The highest BCUT2D eigenvalue weighted by Gasteiger charge is 2.05. The molecule has 0 aromatic carbocycles. The number of thioether (sulfide) groups is 1. The molecule has 0 spiro atoms. The van der Waals surface area contributed by atoms with Crippen LogP contribution >= 0.6 is 32.3 Å². The molecular formula is C12H18N5OPS2. The number of aryl methyl sites for hydroxylation is 2. The molecule has 114 valence electrons. The molecule has 0 saturated carbocycles. The minimum Gasteiger partial charge on any atom is -0.446 e. The quantitative estimate of drug-likeness (QED) is 0.328. The maximum absolute atomic E-state index is 5.63. The normalized spacial score (nSPS) is 10.7. The van der Waals surface area contributed by atoms with Gasteiger partial charge in [-0.2, -0.15) is 16.8 Å². The number of hydrogen-bond donors (Lipinski definition) is 2. The zero-order valence-electron chi connectivity index (χ0n) is 11.5. The van der Waals surface area contributed by atoms with Crippen molar-refractivity contribution in [2.24, 2.45) is 16.5 Å². The number of hydrogen-bond acceptors (Lipinski definition) is 6. The molecule has 2 heterocycles. The van der Waals surface area contributed by atoms with Crippen LogP contribution in [0.2, 0.25) is 0 Å². The van der Waals surface area contributed by atoms with Crippen molar-refractivity contribution in [1.29, 1.82) is 0 Å². The summed E-state index contributed by atoms with van der Waals surface area (Å²) in [5, 5.41) is 2.57. The number of thiazole rings is 1. The third-order valence-electron chi connectivity index (χ3n) is 2.47. The van der Waals surface area contributed by atoms with Crippen molar-refractivity contribution in [3.8, 4) is 0 Å².